The van der Waals surface area contributed by atoms with Gasteiger partial charge in [-0.1, -0.05) is 19.8 Å². The molecule has 6 heteroatoms. The molecule has 0 heterocycles. The highest BCUT2D eigenvalue weighted by molar-refractivity contribution is 5.68. The third kappa shape index (κ3) is 11.5. The average Bonchev–Trinajstić information content (AvgIpc) is 2.22. The third-order valence-electron chi connectivity index (χ3n) is 2.17. The molecule has 0 saturated carbocycles. The van der Waals surface area contributed by atoms with Crippen LogP contribution >= 0.6 is 0 Å². The van der Waals surface area contributed by atoms with Crippen molar-refractivity contribution in [1.29, 1.82) is 0 Å². The van der Waals surface area contributed by atoms with E-state index >= 15 is 0 Å². The van der Waals surface area contributed by atoms with Crippen molar-refractivity contribution in [3.8, 4) is 0 Å². The van der Waals surface area contributed by atoms with Crippen molar-refractivity contribution < 1.29 is 24.2 Å². The summed E-state index contributed by atoms with van der Waals surface area (Å²) >= 11 is 0. The molecule has 0 radical (unpaired) electrons. The van der Waals surface area contributed by atoms with E-state index in [0.29, 0.717) is 0 Å². The van der Waals surface area contributed by atoms with E-state index in [4.69, 9.17) is 14.6 Å². The number of rotatable bonds is 8. The number of hydrogen-bond acceptors (Lipinski definition) is 4. The number of carbonyl (C=O) groups excluding carboxylic acids is 1. The van der Waals surface area contributed by atoms with Gasteiger partial charge < -0.3 is 19.9 Å². The van der Waals surface area contributed by atoms with Crippen LogP contribution in [0, 0.1) is 0 Å². The predicted octanol–water partition coefficient (Wildman–Crippen LogP) is 2.17. The molecule has 0 aromatic carbocycles. The lowest BCUT2D eigenvalue weighted by Gasteiger charge is -2.23. The Kier molecular flexibility index (Phi) is 8.14. The van der Waals surface area contributed by atoms with Gasteiger partial charge in [0, 0.05) is 0 Å². The van der Waals surface area contributed by atoms with Gasteiger partial charge in [0.2, 0.25) is 0 Å². The summed E-state index contributed by atoms with van der Waals surface area (Å²) in [6, 6.07) is -0.228. The second-order valence-corrected chi connectivity index (χ2v) is 5.39. The Labute approximate surface area is 114 Å². The van der Waals surface area contributed by atoms with Gasteiger partial charge in [-0.3, -0.25) is 0 Å². The maximum atomic E-state index is 11.6. The number of amides is 1. The number of ether oxygens (including phenoxy) is 2. The van der Waals surface area contributed by atoms with Crippen LogP contribution < -0.4 is 5.32 Å². The normalized spacial score (nSPS) is 12.8. The van der Waals surface area contributed by atoms with Crippen molar-refractivity contribution in [2.75, 3.05) is 13.2 Å². The van der Waals surface area contributed by atoms with Gasteiger partial charge in [0.1, 0.15) is 12.2 Å². The van der Waals surface area contributed by atoms with E-state index in [1.54, 1.807) is 20.8 Å². The Morgan fingerprint density at radius 2 is 1.95 bits per heavy atom. The number of carbonyl (C=O) groups is 2. The van der Waals surface area contributed by atoms with Crippen molar-refractivity contribution >= 4 is 12.1 Å². The first-order valence-electron chi connectivity index (χ1n) is 6.53. The van der Waals surface area contributed by atoms with Crippen molar-refractivity contribution in [1.82, 2.24) is 5.32 Å². The van der Waals surface area contributed by atoms with Gasteiger partial charge in [0.15, 0.2) is 0 Å². The molecule has 1 unspecified atom stereocenters. The fraction of sp³-hybridized carbons (Fsp3) is 0.846. The number of hydrogen-bond donors (Lipinski definition) is 2. The zero-order chi connectivity index (χ0) is 14.9. The summed E-state index contributed by atoms with van der Waals surface area (Å²) in [7, 11) is 0. The van der Waals surface area contributed by atoms with Crippen molar-refractivity contribution in [3.05, 3.63) is 0 Å². The van der Waals surface area contributed by atoms with Gasteiger partial charge in [0.25, 0.3) is 0 Å². The van der Waals surface area contributed by atoms with Crippen LogP contribution in [-0.4, -0.2) is 42.0 Å². The van der Waals surface area contributed by atoms with Crippen LogP contribution in [0.15, 0.2) is 0 Å². The van der Waals surface area contributed by atoms with Gasteiger partial charge in [-0.15, -0.1) is 0 Å². The lowest BCUT2D eigenvalue weighted by molar-refractivity contribution is -0.142. The molecular weight excluding hydrogens is 250 g/mol. The molecule has 0 aliphatic heterocycles. The summed E-state index contributed by atoms with van der Waals surface area (Å²) in [6.07, 6.45) is 2.14. The van der Waals surface area contributed by atoms with Crippen molar-refractivity contribution in [2.24, 2.45) is 0 Å². The molecular formula is C13H25NO5. The number of aliphatic carboxylic acids is 1. The topological polar surface area (TPSA) is 84.9 Å². The lowest BCUT2D eigenvalue weighted by Crippen LogP contribution is -2.41. The van der Waals surface area contributed by atoms with E-state index in [9.17, 15) is 9.59 Å². The molecule has 6 nitrogen and oxygen atoms in total. The number of alkyl carbamates (subject to hydrolysis) is 1. The Bertz CT molecular complexity index is 285. The molecule has 0 spiro atoms. The highest BCUT2D eigenvalue weighted by Gasteiger charge is 2.19. The van der Waals surface area contributed by atoms with E-state index in [2.05, 4.69) is 5.32 Å². The average molecular weight is 275 g/mol. The molecule has 0 fully saturated rings. The quantitative estimate of drug-likeness (QED) is 0.709. The zero-order valence-corrected chi connectivity index (χ0v) is 12.2. The fourth-order valence-corrected chi connectivity index (χ4v) is 1.41. The van der Waals surface area contributed by atoms with E-state index in [-0.39, 0.29) is 19.3 Å². The van der Waals surface area contributed by atoms with Crippen molar-refractivity contribution in [2.45, 2.75) is 58.6 Å². The first-order valence-corrected chi connectivity index (χ1v) is 6.53. The fourth-order valence-electron chi connectivity index (χ4n) is 1.41. The second-order valence-electron chi connectivity index (χ2n) is 5.39. The van der Waals surface area contributed by atoms with E-state index < -0.39 is 17.7 Å². The van der Waals surface area contributed by atoms with E-state index in [0.717, 1.165) is 19.3 Å². The van der Waals surface area contributed by atoms with Gasteiger partial charge in [-0.05, 0) is 27.2 Å². The largest absolute Gasteiger partial charge is 0.480 e. The molecule has 0 aromatic heterocycles. The first-order chi connectivity index (χ1) is 8.74. The van der Waals surface area contributed by atoms with Gasteiger partial charge in [0.05, 0.1) is 12.6 Å². The van der Waals surface area contributed by atoms with Crippen molar-refractivity contribution in [3.63, 3.8) is 0 Å². The number of carboxylic acid groups (broad SMARTS) is 1. The molecule has 2 N–H and O–H groups in total. The maximum absolute atomic E-state index is 11.6. The molecule has 0 aliphatic rings. The van der Waals surface area contributed by atoms with Crippen LogP contribution in [0.1, 0.15) is 47.0 Å². The number of carboxylic acids is 1. The predicted molar refractivity (Wildman–Crippen MR) is 71.1 cm³/mol. The summed E-state index contributed by atoms with van der Waals surface area (Å²) in [5.74, 6) is -1.02. The maximum Gasteiger partial charge on any atom is 0.407 e. The molecule has 0 aliphatic carbocycles. The highest BCUT2D eigenvalue weighted by Crippen LogP contribution is 2.08. The molecule has 19 heavy (non-hydrogen) atoms. The molecule has 0 rings (SSSR count). The second kappa shape index (κ2) is 8.74. The van der Waals surface area contributed by atoms with Gasteiger partial charge in [-0.25, -0.2) is 9.59 Å². The van der Waals surface area contributed by atoms with Gasteiger partial charge >= 0.3 is 12.1 Å². The lowest BCUT2D eigenvalue weighted by atomic mass is 10.1. The standard InChI is InChI=1S/C13H25NO5/c1-5-6-7-10(8-18-9-11(15)16)14-12(17)19-13(2,3)4/h10H,5-9H2,1-4H3,(H,14,17)(H,15,16). The molecule has 1 amide bonds. The van der Waals surface area contributed by atoms with Crippen LogP contribution in [0.3, 0.4) is 0 Å². The minimum Gasteiger partial charge on any atom is -0.480 e. The highest BCUT2D eigenvalue weighted by atomic mass is 16.6. The smallest absolute Gasteiger partial charge is 0.407 e. The monoisotopic (exact) mass is 275 g/mol. The summed E-state index contributed by atoms with van der Waals surface area (Å²) < 4.78 is 10.2. The van der Waals surface area contributed by atoms with Crippen LogP contribution in [0.25, 0.3) is 0 Å². The van der Waals surface area contributed by atoms with Gasteiger partial charge in [-0.2, -0.15) is 0 Å². The summed E-state index contributed by atoms with van der Waals surface area (Å²) in [4.78, 5) is 22.0. The minimum absolute atomic E-state index is 0.172. The molecule has 0 bridgehead atoms. The Morgan fingerprint density at radius 1 is 1.32 bits per heavy atom. The number of unbranched alkanes of at least 4 members (excludes halogenated alkanes) is 1. The molecule has 0 saturated heterocycles. The summed E-state index contributed by atoms with van der Waals surface area (Å²) in [5, 5.41) is 11.2. The van der Waals surface area contributed by atoms with Crippen LogP contribution in [-0.2, 0) is 14.3 Å². The molecule has 0 aromatic rings. The Morgan fingerprint density at radius 3 is 2.42 bits per heavy atom. The molecule has 1 atom stereocenters. The summed E-state index contributed by atoms with van der Waals surface area (Å²) in [6.45, 7) is 7.21. The summed E-state index contributed by atoms with van der Waals surface area (Å²) in [5.41, 5.74) is -0.554. The SMILES string of the molecule is CCCCC(COCC(=O)O)NC(=O)OC(C)(C)C. The van der Waals surface area contributed by atoms with Crippen LogP contribution in [0.5, 0.6) is 0 Å². The van der Waals surface area contributed by atoms with Crippen LogP contribution in [0.2, 0.25) is 0 Å². The van der Waals surface area contributed by atoms with E-state index in [1.807, 2.05) is 6.92 Å². The van der Waals surface area contributed by atoms with E-state index in [1.165, 1.54) is 0 Å². The molecule has 112 valence electrons. The minimum atomic E-state index is -1.02. The van der Waals surface area contributed by atoms with Crippen LogP contribution in [0.4, 0.5) is 4.79 Å². The zero-order valence-electron chi connectivity index (χ0n) is 12.2. The Hall–Kier alpha value is -1.30. The Balaban J connectivity index is 4.17. The first kappa shape index (κ1) is 17.7. The third-order valence-corrected chi connectivity index (χ3v) is 2.17. The number of nitrogens with one attached hydrogen (secondary N) is 1.